The second kappa shape index (κ2) is 5.06. The molecule has 1 aliphatic rings. The first-order valence-electron chi connectivity index (χ1n) is 6.52. The van der Waals surface area contributed by atoms with Gasteiger partial charge in [0.2, 0.25) is 0 Å². The molecule has 2 aromatic rings. The Labute approximate surface area is 115 Å². The van der Waals surface area contributed by atoms with Crippen LogP contribution in [0.25, 0.3) is 10.2 Å². The molecule has 1 aromatic carbocycles. The van der Waals surface area contributed by atoms with Gasteiger partial charge >= 0.3 is 0 Å². The minimum absolute atomic E-state index is 0.209. The maximum absolute atomic E-state index is 13.1. The van der Waals surface area contributed by atoms with Gasteiger partial charge in [-0.05, 0) is 36.5 Å². The Kier molecular flexibility index (Phi) is 3.41. The molecule has 3 nitrogen and oxygen atoms in total. The molecule has 0 unspecified atom stereocenters. The molecular formula is C14H17FN2OS. The molecule has 1 aliphatic heterocycles. The Hall–Kier alpha value is -1.20. The Balaban J connectivity index is 1.71. The van der Waals surface area contributed by atoms with Crippen LogP contribution in [0.3, 0.4) is 0 Å². The molecule has 3 rings (SSSR count). The molecular weight excluding hydrogens is 263 g/mol. The molecule has 1 aromatic heterocycles. The maximum atomic E-state index is 13.1. The molecule has 0 amide bonds. The quantitative estimate of drug-likeness (QED) is 0.931. The normalized spacial score (nSPS) is 18.6. The van der Waals surface area contributed by atoms with Gasteiger partial charge < -0.3 is 10.1 Å². The summed E-state index contributed by atoms with van der Waals surface area (Å²) in [6, 6.07) is 4.71. The van der Waals surface area contributed by atoms with E-state index < -0.39 is 0 Å². The van der Waals surface area contributed by atoms with Crippen LogP contribution in [0.5, 0.6) is 0 Å². The highest BCUT2D eigenvalue weighted by Gasteiger charge is 2.27. The lowest BCUT2D eigenvalue weighted by Crippen LogP contribution is -2.33. The fraction of sp³-hybridized carbons (Fsp3) is 0.500. The molecule has 1 fully saturated rings. The van der Waals surface area contributed by atoms with Crippen molar-refractivity contribution in [3.8, 4) is 0 Å². The summed E-state index contributed by atoms with van der Waals surface area (Å²) in [7, 11) is 0. The molecule has 102 valence electrons. The van der Waals surface area contributed by atoms with Crippen LogP contribution in [0.15, 0.2) is 18.2 Å². The zero-order chi connectivity index (χ0) is 13.3. The van der Waals surface area contributed by atoms with E-state index in [0.29, 0.717) is 0 Å². The van der Waals surface area contributed by atoms with Crippen molar-refractivity contribution >= 4 is 26.7 Å². The number of anilines is 1. The number of hydrogen-bond donors (Lipinski definition) is 1. The van der Waals surface area contributed by atoms with Crippen molar-refractivity contribution in [3.05, 3.63) is 24.0 Å². The predicted octanol–water partition coefficient (Wildman–Crippen LogP) is 3.66. The average Bonchev–Trinajstić information content (AvgIpc) is 2.79. The average molecular weight is 280 g/mol. The first-order valence-corrected chi connectivity index (χ1v) is 7.34. The molecule has 0 atom stereocenters. The molecule has 0 saturated carbocycles. The maximum Gasteiger partial charge on any atom is 0.183 e. The second-order valence-electron chi connectivity index (χ2n) is 5.41. The number of hydrogen-bond acceptors (Lipinski definition) is 4. The summed E-state index contributed by atoms with van der Waals surface area (Å²) in [6.07, 6.45) is 2.14. The first-order chi connectivity index (χ1) is 9.15. The summed E-state index contributed by atoms with van der Waals surface area (Å²) >= 11 is 1.51. The van der Waals surface area contributed by atoms with Gasteiger partial charge in [-0.2, -0.15) is 0 Å². The third-order valence-electron chi connectivity index (χ3n) is 3.72. The second-order valence-corrected chi connectivity index (χ2v) is 6.44. The summed E-state index contributed by atoms with van der Waals surface area (Å²) in [6.45, 7) is 4.83. The molecule has 0 bridgehead atoms. The van der Waals surface area contributed by atoms with Crippen LogP contribution in [0.4, 0.5) is 9.52 Å². The number of aromatic nitrogens is 1. The number of halogens is 1. The molecule has 19 heavy (non-hydrogen) atoms. The number of nitrogens with one attached hydrogen (secondary N) is 1. The minimum atomic E-state index is -0.209. The minimum Gasteiger partial charge on any atom is -0.381 e. The third-order valence-corrected chi connectivity index (χ3v) is 4.69. The highest BCUT2D eigenvalue weighted by atomic mass is 32.1. The van der Waals surface area contributed by atoms with Crippen LogP contribution < -0.4 is 5.32 Å². The van der Waals surface area contributed by atoms with Gasteiger partial charge in [0, 0.05) is 19.8 Å². The molecule has 0 aliphatic carbocycles. The molecule has 5 heteroatoms. The first kappa shape index (κ1) is 12.8. The van der Waals surface area contributed by atoms with E-state index in [1.165, 1.54) is 23.5 Å². The van der Waals surface area contributed by atoms with E-state index in [4.69, 9.17) is 4.74 Å². The Morgan fingerprint density at radius 1 is 1.42 bits per heavy atom. The van der Waals surface area contributed by atoms with E-state index in [0.717, 1.165) is 47.9 Å². The van der Waals surface area contributed by atoms with Crippen molar-refractivity contribution in [2.75, 3.05) is 25.1 Å². The third kappa shape index (κ3) is 2.87. The van der Waals surface area contributed by atoms with E-state index >= 15 is 0 Å². The summed E-state index contributed by atoms with van der Waals surface area (Å²) in [5, 5.41) is 4.26. The van der Waals surface area contributed by atoms with Gasteiger partial charge in [0.1, 0.15) is 5.82 Å². The molecule has 0 spiro atoms. The van der Waals surface area contributed by atoms with Crippen LogP contribution in [0.1, 0.15) is 19.8 Å². The van der Waals surface area contributed by atoms with Gasteiger partial charge in [0.15, 0.2) is 5.13 Å². The fourth-order valence-electron chi connectivity index (χ4n) is 2.30. The van der Waals surface area contributed by atoms with Crippen LogP contribution in [0.2, 0.25) is 0 Å². The monoisotopic (exact) mass is 280 g/mol. The molecule has 0 radical (unpaired) electrons. The summed E-state index contributed by atoms with van der Waals surface area (Å²) in [5.74, 6) is -0.209. The molecule has 1 N–H and O–H groups in total. The van der Waals surface area contributed by atoms with Crippen molar-refractivity contribution in [1.29, 1.82) is 0 Å². The summed E-state index contributed by atoms with van der Waals surface area (Å²) in [5.41, 5.74) is 1.12. The lowest BCUT2D eigenvalue weighted by molar-refractivity contribution is 0.0300. The zero-order valence-corrected chi connectivity index (χ0v) is 11.7. The predicted molar refractivity (Wildman–Crippen MR) is 76.2 cm³/mol. The molecule has 2 heterocycles. The van der Waals surface area contributed by atoms with Gasteiger partial charge in [0.05, 0.1) is 10.2 Å². The van der Waals surface area contributed by atoms with Gasteiger partial charge in [-0.1, -0.05) is 18.3 Å². The number of benzene rings is 1. The van der Waals surface area contributed by atoms with Crippen molar-refractivity contribution in [1.82, 2.24) is 4.98 Å². The van der Waals surface area contributed by atoms with Crippen LogP contribution in [0, 0.1) is 11.2 Å². The largest absolute Gasteiger partial charge is 0.381 e. The zero-order valence-electron chi connectivity index (χ0n) is 10.9. The van der Waals surface area contributed by atoms with Crippen LogP contribution in [-0.2, 0) is 4.74 Å². The van der Waals surface area contributed by atoms with Crippen molar-refractivity contribution in [2.45, 2.75) is 19.8 Å². The Morgan fingerprint density at radius 3 is 3.00 bits per heavy atom. The van der Waals surface area contributed by atoms with Gasteiger partial charge in [0.25, 0.3) is 0 Å². The number of fused-ring (bicyclic) bond motifs is 1. The van der Waals surface area contributed by atoms with Crippen LogP contribution >= 0.6 is 11.3 Å². The Morgan fingerprint density at radius 2 is 2.21 bits per heavy atom. The van der Waals surface area contributed by atoms with E-state index in [9.17, 15) is 4.39 Å². The Bertz CT molecular complexity index is 578. The summed E-state index contributed by atoms with van der Waals surface area (Å²) < 4.78 is 19.4. The lowest BCUT2D eigenvalue weighted by Gasteiger charge is -2.33. The fourth-order valence-corrected chi connectivity index (χ4v) is 3.19. The lowest BCUT2D eigenvalue weighted by atomic mass is 9.82. The van der Waals surface area contributed by atoms with E-state index in [-0.39, 0.29) is 11.2 Å². The SMILES string of the molecule is CC1(CNc2nc3ccc(F)cc3s2)CCOCC1. The molecule has 1 saturated heterocycles. The highest BCUT2D eigenvalue weighted by molar-refractivity contribution is 7.22. The number of thiazole rings is 1. The van der Waals surface area contributed by atoms with E-state index in [1.54, 1.807) is 6.07 Å². The number of nitrogens with zero attached hydrogens (tertiary/aromatic N) is 1. The van der Waals surface area contributed by atoms with Crippen molar-refractivity contribution < 1.29 is 9.13 Å². The van der Waals surface area contributed by atoms with Crippen molar-refractivity contribution in [3.63, 3.8) is 0 Å². The number of rotatable bonds is 3. The smallest absolute Gasteiger partial charge is 0.183 e. The van der Waals surface area contributed by atoms with E-state index in [2.05, 4.69) is 17.2 Å². The highest BCUT2D eigenvalue weighted by Crippen LogP contribution is 2.32. The summed E-state index contributed by atoms with van der Waals surface area (Å²) in [4.78, 5) is 4.48. The van der Waals surface area contributed by atoms with Crippen LogP contribution in [-0.4, -0.2) is 24.7 Å². The van der Waals surface area contributed by atoms with Gasteiger partial charge in [-0.3, -0.25) is 0 Å². The standard InChI is InChI=1S/C14H17FN2OS/c1-14(4-6-18-7-5-14)9-16-13-17-11-3-2-10(15)8-12(11)19-13/h2-3,8H,4-7,9H2,1H3,(H,16,17). The topological polar surface area (TPSA) is 34.2 Å². The van der Waals surface area contributed by atoms with Gasteiger partial charge in [-0.15, -0.1) is 0 Å². The van der Waals surface area contributed by atoms with E-state index in [1.807, 2.05) is 0 Å². The number of ether oxygens (including phenoxy) is 1. The van der Waals surface area contributed by atoms with Crippen molar-refractivity contribution in [2.24, 2.45) is 5.41 Å². The van der Waals surface area contributed by atoms with Gasteiger partial charge in [-0.25, -0.2) is 9.37 Å².